The van der Waals surface area contributed by atoms with E-state index in [1.165, 1.54) is 18.2 Å². The fraction of sp³-hybridized carbons (Fsp3) is 0.150. The Morgan fingerprint density at radius 2 is 2.04 bits per heavy atom. The first-order chi connectivity index (χ1) is 13.0. The van der Waals surface area contributed by atoms with Gasteiger partial charge in [-0.15, -0.1) is 0 Å². The number of carbonyl (C=O) groups excluding carboxylic acids is 1. The highest BCUT2D eigenvalue weighted by Crippen LogP contribution is 2.31. The van der Waals surface area contributed by atoms with Gasteiger partial charge in [0.25, 0.3) is 0 Å². The van der Waals surface area contributed by atoms with E-state index in [0.29, 0.717) is 29.7 Å². The van der Waals surface area contributed by atoms with E-state index < -0.39 is 12.0 Å². The Labute approximate surface area is 161 Å². The zero-order chi connectivity index (χ0) is 19.4. The number of rotatable bonds is 5. The molecule has 5 nitrogen and oxygen atoms in total. The van der Waals surface area contributed by atoms with Crippen molar-refractivity contribution in [1.29, 1.82) is 0 Å². The number of anilines is 1. The standard InChI is InChI=1S/C20H18ClFN2O3/c1-2-3-17-19(26)8-9-20(23-17)27-24-16-6-4-13(11-15(16)22)12-5-7-18(25)14(21)10-12/h2-7,10-11,20,23-25H,1,8-9H2/b17-3-. The quantitative estimate of drug-likeness (QED) is 0.518. The second-order valence-corrected chi connectivity index (χ2v) is 6.40. The molecule has 0 amide bonds. The molecule has 3 N–H and O–H groups in total. The Balaban J connectivity index is 1.68. The molecule has 0 spiro atoms. The van der Waals surface area contributed by atoms with E-state index in [1.54, 1.807) is 30.3 Å². The average molecular weight is 389 g/mol. The Hall–Kier alpha value is -2.83. The summed E-state index contributed by atoms with van der Waals surface area (Å²) in [6, 6.07) is 9.25. The summed E-state index contributed by atoms with van der Waals surface area (Å²) in [6.45, 7) is 3.57. The molecule has 27 heavy (non-hydrogen) atoms. The van der Waals surface area contributed by atoms with Gasteiger partial charge in [-0.2, -0.15) is 0 Å². The van der Waals surface area contributed by atoms with Crippen LogP contribution >= 0.6 is 11.6 Å². The summed E-state index contributed by atoms with van der Waals surface area (Å²) in [5.74, 6) is -0.556. The number of allylic oxidation sites excluding steroid dienone is 3. The zero-order valence-corrected chi connectivity index (χ0v) is 15.1. The summed E-state index contributed by atoms with van der Waals surface area (Å²) in [4.78, 5) is 17.2. The van der Waals surface area contributed by atoms with Gasteiger partial charge in [0.15, 0.2) is 12.0 Å². The van der Waals surface area contributed by atoms with E-state index in [9.17, 15) is 14.3 Å². The average Bonchev–Trinajstić information content (AvgIpc) is 2.65. The number of halogens is 2. The predicted octanol–water partition coefficient (Wildman–Crippen LogP) is 4.54. The van der Waals surface area contributed by atoms with Gasteiger partial charge >= 0.3 is 0 Å². The highest BCUT2D eigenvalue weighted by atomic mass is 35.5. The van der Waals surface area contributed by atoms with Gasteiger partial charge in [0.1, 0.15) is 11.6 Å². The highest BCUT2D eigenvalue weighted by molar-refractivity contribution is 6.32. The maximum Gasteiger partial charge on any atom is 0.178 e. The molecule has 1 heterocycles. The first-order valence-corrected chi connectivity index (χ1v) is 8.68. The van der Waals surface area contributed by atoms with Gasteiger partial charge in [-0.05, 0) is 41.5 Å². The van der Waals surface area contributed by atoms with Crippen molar-refractivity contribution in [3.05, 3.63) is 71.7 Å². The van der Waals surface area contributed by atoms with Crippen LogP contribution < -0.4 is 10.8 Å². The molecular weight excluding hydrogens is 371 g/mol. The zero-order valence-electron chi connectivity index (χ0n) is 14.3. The molecule has 1 unspecified atom stereocenters. The smallest absolute Gasteiger partial charge is 0.178 e. The van der Waals surface area contributed by atoms with Crippen LogP contribution in [0.4, 0.5) is 10.1 Å². The molecule has 1 saturated heterocycles. The van der Waals surface area contributed by atoms with Crippen LogP contribution in [-0.2, 0) is 9.63 Å². The molecule has 1 fully saturated rings. The lowest BCUT2D eigenvalue weighted by atomic mass is 10.0. The minimum Gasteiger partial charge on any atom is -0.506 e. The van der Waals surface area contributed by atoms with E-state index in [4.69, 9.17) is 16.4 Å². The SMILES string of the molecule is C=C/C=C1\NC(ONc2ccc(-c3ccc(O)c(Cl)c3)cc2F)CCC1=O. The van der Waals surface area contributed by atoms with Gasteiger partial charge in [-0.25, -0.2) is 4.39 Å². The first-order valence-electron chi connectivity index (χ1n) is 8.30. The van der Waals surface area contributed by atoms with Crippen molar-refractivity contribution in [2.75, 3.05) is 5.48 Å². The van der Waals surface area contributed by atoms with Gasteiger partial charge in [-0.3, -0.25) is 15.1 Å². The lowest BCUT2D eigenvalue weighted by Gasteiger charge is -2.26. The van der Waals surface area contributed by atoms with Crippen molar-refractivity contribution in [2.45, 2.75) is 19.1 Å². The molecule has 0 radical (unpaired) electrons. The van der Waals surface area contributed by atoms with Gasteiger partial charge in [0, 0.05) is 12.8 Å². The molecule has 7 heteroatoms. The number of phenolic OH excluding ortho intramolecular Hbond substituents is 1. The van der Waals surface area contributed by atoms with E-state index in [1.807, 2.05) is 0 Å². The van der Waals surface area contributed by atoms with Crippen molar-refractivity contribution < 1.29 is 19.1 Å². The lowest BCUT2D eigenvalue weighted by molar-refractivity contribution is -0.118. The number of ketones is 1. The summed E-state index contributed by atoms with van der Waals surface area (Å²) in [5, 5.41) is 12.6. The third kappa shape index (κ3) is 4.48. The van der Waals surface area contributed by atoms with E-state index in [-0.39, 0.29) is 22.2 Å². The normalized spacial score (nSPS) is 18.2. The summed E-state index contributed by atoms with van der Waals surface area (Å²) >= 11 is 5.90. The molecule has 2 aromatic rings. The van der Waals surface area contributed by atoms with E-state index in [0.717, 1.165) is 0 Å². The van der Waals surface area contributed by atoms with Crippen LogP contribution in [0.2, 0.25) is 5.02 Å². The lowest BCUT2D eigenvalue weighted by Crippen LogP contribution is -2.40. The van der Waals surface area contributed by atoms with Crippen LogP contribution in [-0.4, -0.2) is 17.1 Å². The number of phenols is 1. The largest absolute Gasteiger partial charge is 0.506 e. The van der Waals surface area contributed by atoms with Crippen molar-refractivity contribution in [3.8, 4) is 16.9 Å². The van der Waals surface area contributed by atoms with Gasteiger partial charge in [0.2, 0.25) is 0 Å². The number of nitrogens with one attached hydrogen (secondary N) is 2. The van der Waals surface area contributed by atoms with Gasteiger partial charge in [0.05, 0.1) is 16.4 Å². The molecule has 0 aromatic heterocycles. The Bertz CT molecular complexity index is 914. The van der Waals surface area contributed by atoms with Crippen LogP contribution in [0.5, 0.6) is 5.75 Å². The number of piperidine rings is 1. The highest BCUT2D eigenvalue weighted by Gasteiger charge is 2.23. The Morgan fingerprint density at radius 3 is 2.74 bits per heavy atom. The van der Waals surface area contributed by atoms with Crippen molar-refractivity contribution in [1.82, 2.24) is 5.32 Å². The summed E-state index contributed by atoms with van der Waals surface area (Å²) < 4.78 is 14.4. The topological polar surface area (TPSA) is 70.6 Å². The van der Waals surface area contributed by atoms with Crippen molar-refractivity contribution in [2.24, 2.45) is 0 Å². The van der Waals surface area contributed by atoms with Crippen LogP contribution in [0.25, 0.3) is 11.1 Å². The van der Waals surface area contributed by atoms with Crippen LogP contribution in [0.15, 0.2) is 60.8 Å². The van der Waals surface area contributed by atoms with Gasteiger partial charge in [-0.1, -0.05) is 36.4 Å². The summed E-state index contributed by atoms with van der Waals surface area (Å²) in [5.41, 5.74) is 4.46. The van der Waals surface area contributed by atoms with Crippen molar-refractivity contribution in [3.63, 3.8) is 0 Å². The molecule has 1 atom stereocenters. The minimum atomic E-state index is -0.509. The van der Waals surface area contributed by atoms with E-state index >= 15 is 0 Å². The third-order valence-electron chi connectivity index (χ3n) is 4.10. The first kappa shape index (κ1) is 18.9. The molecule has 0 saturated carbocycles. The summed E-state index contributed by atoms with van der Waals surface area (Å²) in [7, 11) is 0. The number of hydrogen-bond acceptors (Lipinski definition) is 5. The van der Waals surface area contributed by atoms with Crippen molar-refractivity contribution >= 4 is 23.1 Å². The second-order valence-electron chi connectivity index (χ2n) is 5.99. The second kappa shape index (κ2) is 8.24. The molecule has 1 aliphatic heterocycles. The number of benzene rings is 2. The number of aromatic hydroxyl groups is 1. The molecule has 1 aliphatic rings. The molecule has 140 valence electrons. The maximum absolute atomic E-state index is 14.4. The molecule has 2 aromatic carbocycles. The van der Waals surface area contributed by atoms with E-state index in [2.05, 4.69) is 17.4 Å². The molecule has 0 bridgehead atoms. The van der Waals surface area contributed by atoms with Crippen LogP contribution in [0.1, 0.15) is 12.8 Å². The monoisotopic (exact) mass is 388 g/mol. The number of hydrogen-bond donors (Lipinski definition) is 3. The molecule has 0 aliphatic carbocycles. The summed E-state index contributed by atoms with van der Waals surface area (Å²) in [6.07, 6.45) is 3.43. The predicted molar refractivity (Wildman–Crippen MR) is 103 cm³/mol. The maximum atomic E-state index is 14.4. The van der Waals surface area contributed by atoms with Gasteiger partial charge < -0.3 is 10.4 Å². The Kier molecular flexibility index (Phi) is 5.78. The minimum absolute atomic E-state index is 0.0159. The fourth-order valence-electron chi connectivity index (χ4n) is 2.67. The van der Waals surface area contributed by atoms with Crippen LogP contribution in [0, 0.1) is 5.82 Å². The molecule has 3 rings (SSSR count). The number of Topliss-reactive ketones (excluding diaryl/α,β-unsaturated/α-hetero) is 1. The fourth-order valence-corrected chi connectivity index (χ4v) is 2.85. The number of carbonyl (C=O) groups is 1. The Morgan fingerprint density at radius 1 is 1.30 bits per heavy atom. The molecular formula is C20H18ClFN2O3. The third-order valence-corrected chi connectivity index (χ3v) is 4.40. The van der Waals surface area contributed by atoms with Crippen LogP contribution in [0.3, 0.4) is 0 Å².